The van der Waals surface area contributed by atoms with Gasteiger partial charge in [-0.25, -0.2) is 9.97 Å². The fourth-order valence-corrected chi connectivity index (χ4v) is 8.27. The second-order valence-corrected chi connectivity index (χ2v) is 12.9. The van der Waals surface area contributed by atoms with Crippen LogP contribution < -0.4 is 0 Å². The Morgan fingerprint density at radius 1 is 0.327 bits per heavy atom. The molecule has 0 saturated heterocycles. The zero-order valence-corrected chi connectivity index (χ0v) is 26.4. The fourth-order valence-electron chi connectivity index (χ4n) is 8.27. The molecule has 11 rings (SSSR count). The molecule has 0 aliphatic carbocycles. The lowest BCUT2D eigenvalue weighted by Gasteiger charge is -2.14. The minimum atomic E-state index is 0.668. The molecule has 9 aromatic carbocycles. The van der Waals surface area contributed by atoms with Gasteiger partial charge in [0, 0.05) is 27.1 Å². The number of hydrogen-bond acceptors (Lipinski definition) is 2. The highest BCUT2D eigenvalue weighted by Crippen LogP contribution is 2.45. The molecule has 226 valence electrons. The lowest BCUT2D eigenvalue weighted by Crippen LogP contribution is -2.03. The van der Waals surface area contributed by atoms with E-state index in [-0.39, 0.29) is 0 Å². The van der Waals surface area contributed by atoms with Crippen molar-refractivity contribution in [1.82, 2.24) is 14.5 Å². The largest absolute Gasteiger partial charge is 0.278 e. The van der Waals surface area contributed by atoms with Gasteiger partial charge in [0.2, 0.25) is 5.95 Å². The number of hydrogen-bond donors (Lipinski definition) is 0. The van der Waals surface area contributed by atoms with Crippen LogP contribution in [0.2, 0.25) is 0 Å². The summed E-state index contributed by atoms with van der Waals surface area (Å²) >= 11 is 0. The Balaban J connectivity index is 1.37. The van der Waals surface area contributed by atoms with Crippen LogP contribution in [0.4, 0.5) is 0 Å². The Morgan fingerprint density at radius 2 is 0.837 bits per heavy atom. The Bertz CT molecular complexity index is 3120. The van der Waals surface area contributed by atoms with E-state index in [0.717, 1.165) is 38.6 Å². The van der Waals surface area contributed by atoms with Gasteiger partial charge in [0.1, 0.15) is 0 Å². The SMILES string of the molecule is c1ccc(-c2nc(-n3c4ccc5ccccc5c4c4c5c6ccccc6c6ccccc6c5ccc43)nc3ccc4ccccc4c23)cc1. The van der Waals surface area contributed by atoms with Crippen molar-refractivity contribution < 1.29 is 0 Å². The van der Waals surface area contributed by atoms with E-state index in [1.54, 1.807) is 0 Å². The van der Waals surface area contributed by atoms with E-state index in [1.807, 2.05) is 0 Å². The van der Waals surface area contributed by atoms with E-state index in [1.165, 1.54) is 59.2 Å². The van der Waals surface area contributed by atoms with Crippen LogP contribution in [0.3, 0.4) is 0 Å². The Labute approximate surface area is 281 Å². The summed E-state index contributed by atoms with van der Waals surface area (Å²) in [6, 6.07) is 58.8. The van der Waals surface area contributed by atoms with E-state index in [2.05, 4.69) is 168 Å². The summed E-state index contributed by atoms with van der Waals surface area (Å²) in [5.74, 6) is 0.668. The number of aromatic nitrogens is 3. The standard InChI is InChI=1S/C46H27N3/c1-2-14-30(15-3-1)45-42-31-16-6-4-12-28(31)22-25-38(42)47-46(48-45)49-39-26-23-29-13-5-7-17-32(29)43(39)44-40(49)27-24-37-35-20-9-8-18-33(35)34-19-10-11-21-36(34)41(37)44/h1-27H. The Kier molecular flexibility index (Phi) is 5.38. The van der Waals surface area contributed by atoms with Gasteiger partial charge in [0.25, 0.3) is 0 Å². The van der Waals surface area contributed by atoms with E-state index in [9.17, 15) is 0 Å². The van der Waals surface area contributed by atoms with Crippen LogP contribution in [-0.4, -0.2) is 14.5 Å². The molecule has 3 heteroatoms. The lowest BCUT2D eigenvalue weighted by molar-refractivity contribution is 1.02. The van der Waals surface area contributed by atoms with Gasteiger partial charge in [-0.2, -0.15) is 0 Å². The molecule has 49 heavy (non-hydrogen) atoms. The van der Waals surface area contributed by atoms with Gasteiger partial charge in [0.05, 0.1) is 22.2 Å². The predicted molar refractivity (Wildman–Crippen MR) is 207 cm³/mol. The van der Waals surface area contributed by atoms with Crippen molar-refractivity contribution in [2.75, 3.05) is 0 Å². The first kappa shape index (κ1) is 26.5. The van der Waals surface area contributed by atoms with Gasteiger partial charge in [-0.15, -0.1) is 0 Å². The number of nitrogens with zero attached hydrogens (tertiary/aromatic N) is 3. The van der Waals surface area contributed by atoms with E-state index in [0.29, 0.717) is 5.95 Å². The van der Waals surface area contributed by atoms with Crippen molar-refractivity contribution in [1.29, 1.82) is 0 Å². The molecule has 0 atom stereocenters. The lowest BCUT2D eigenvalue weighted by atomic mass is 9.91. The fraction of sp³-hybridized carbons (Fsp3) is 0. The summed E-state index contributed by atoms with van der Waals surface area (Å²) < 4.78 is 2.29. The number of rotatable bonds is 2. The van der Waals surface area contributed by atoms with E-state index in [4.69, 9.17) is 9.97 Å². The van der Waals surface area contributed by atoms with Crippen LogP contribution in [0.15, 0.2) is 164 Å². The maximum atomic E-state index is 5.49. The predicted octanol–water partition coefficient (Wildman–Crippen LogP) is 12.2. The van der Waals surface area contributed by atoms with Crippen LogP contribution in [-0.2, 0) is 0 Å². The Hall–Kier alpha value is -6.58. The molecule has 0 amide bonds. The molecular formula is C46H27N3. The highest BCUT2D eigenvalue weighted by molar-refractivity contribution is 6.37. The summed E-state index contributed by atoms with van der Waals surface area (Å²) in [5, 5.41) is 15.9. The van der Waals surface area contributed by atoms with E-state index >= 15 is 0 Å². The zero-order chi connectivity index (χ0) is 32.1. The van der Waals surface area contributed by atoms with Gasteiger partial charge in [-0.1, -0.05) is 146 Å². The summed E-state index contributed by atoms with van der Waals surface area (Å²) in [5.41, 5.74) is 5.12. The third-order valence-corrected chi connectivity index (χ3v) is 10.3. The van der Waals surface area contributed by atoms with Gasteiger partial charge in [-0.05, 0) is 66.7 Å². The smallest absolute Gasteiger partial charge is 0.235 e. The molecule has 0 unspecified atom stereocenters. The highest BCUT2D eigenvalue weighted by atomic mass is 15.2. The van der Waals surface area contributed by atoms with Gasteiger partial charge < -0.3 is 0 Å². The molecule has 0 spiro atoms. The molecular weight excluding hydrogens is 595 g/mol. The second kappa shape index (κ2) is 9.96. The summed E-state index contributed by atoms with van der Waals surface area (Å²) in [7, 11) is 0. The molecule has 0 bridgehead atoms. The number of benzene rings is 9. The average Bonchev–Trinajstić information content (AvgIpc) is 3.53. The average molecular weight is 622 g/mol. The summed E-state index contributed by atoms with van der Waals surface area (Å²) in [4.78, 5) is 10.9. The first-order chi connectivity index (χ1) is 24.3. The van der Waals surface area contributed by atoms with Gasteiger partial charge in [-0.3, -0.25) is 4.57 Å². The zero-order valence-electron chi connectivity index (χ0n) is 26.4. The molecule has 0 saturated carbocycles. The molecule has 3 nitrogen and oxygen atoms in total. The van der Waals surface area contributed by atoms with Gasteiger partial charge in [0.15, 0.2) is 0 Å². The van der Waals surface area contributed by atoms with Crippen molar-refractivity contribution in [2.24, 2.45) is 0 Å². The van der Waals surface area contributed by atoms with Crippen LogP contribution in [0.25, 0.3) is 104 Å². The second-order valence-electron chi connectivity index (χ2n) is 12.9. The summed E-state index contributed by atoms with van der Waals surface area (Å²) in [6.07, 6.45) is 0. The monoisotopic (exact) mass is 621 g/mol. The first-order valence-corrected chi connectivity index (χ1v) is 16.8. The highest BCUT2D eigenvalue weighted by Gasteiger charge is 2.22. The third-order valence-electron chi connectivity index (χ3n) is 10.3. The van der Waals surface area contributed by atoms with Crippen LogP contribution in [0.5, 0.6) is 0 Å². The molecule has 0 aliphatic rings. The minimum Gasteiger partial charge on any atom is -0.278 e. The number of fused-ring (bicyclic) bond motifs is 15. The van der Waals surface area contributed by atoms with Crippen LogP contribution >= 0.6 is 0 Å². The minimum absolute atomic E-state index is 0.668. The first-order valence-electron chi connectivity index (χ1n) is 16.8. The normalized spacial score (nSPS) is 12.1. The maximum absolute atomic E-state index is 5.49. The van der Waals surface area contributed by atoms with Crippen molar-refractivity contribution in [3.05, 3.63) is 164 Å². The third kappa shape index (κ3) is 3.67. The quantitative estimate of drug-likeness (QED) is 0.180. The van der Waals surface area contributed by atoms with Crippen molar-refractivity contribution in [2.45, 2.75) is 0 Å². The van der Waals surface area contributed by atoms with Crippen LogP contribution in [0, 0.1) is 0 Å². The molecule has 0 N–H and O–H groups in total. The van der Waals surface area contributed by atoms with Crippen molar-refractivity contribution >= 4 is 86.6 Å². The summed E-state index contributed by atoms with van der Waals surface area (Å²) in [6.45, 7) is 0. The molecule has 2 aromatic heterocycles. The molecule has 0 fully saturated rings. The molecule has 0 aliphatic heterocycles. The van der Waals surface area contributed by atoms with Crippen molar-refractivity contribution in [3.8, 4) is 17.2 Å². The molecule has 2 heterocycles. The maximum Gasteiger partial charge on any atom is 0.235 e. The Morgan fingerprint density at radius 3 is 1.55 bits per heavy atom. The topological polar surface area (TPSA) is 30.7 Å². The van der Waals surface area contributed by atoms with Crippen molar-refractivity contribution in [3.63, 3.8) is 0 Å². The van der Waals surface area contributed by atoms with E-state index < -0.39 is 0 Å². The molecule has 11 aromatic rings. The van der Waals surface area contributed by atoms with Crippen LogP contribution in [0.1, 0.15) is 0 Å². The van der Waals surface area contributed by atoms with Gasteiger partial charge >= 0.3 is 0 Å². The molecule has 0 radical (unpaired) electrons.